The molecule has 3 N–H and O–H groups in total. The molecule has 0 heterocycles. The van der Waals surface area contributed by atoms with Crippen LogP contribution in [0, 0.1) is 3.57 Å². The summed E-state index contributed by atoms with van der Waals surface area (Å²) < 4.78 is 0.620. The van der Waals surface area contributed by atoms with Gasteiger partial charge in [-0.25, -0.2) is 4.79 Å². The van der Waals surface area contributed by atoms with E-state index in [1.807, 2.05) is 22.6 Å². The molecule has 1 atom stereocenters. The summed E-state index contributed by atoms with van der Waals surface area (Å²) in [7, 11) is 0. The molecule has 0 fully saturated rings. The molecule has 0 amide bonds. The molecule has 0 aliphatic heterocycles. The van der Waals surface area contributed by atoms with Gasteiger partial charge in [0.05, 0.1) is 21.1 Å². The third-order valence-corrected chi connectivity index (χ3v) is 3.45. The lowest BCUT2D eigenvalue weighted by molar-refractivity contribution is 0.0696. The van der Waals surface area contributed by atoms with Crippen LogP contribution in [0.2, 0.25) is 0 Å². The Kier molecular flexibility index (Phi) is 5.30. The number of carboxylic acid groups (broad SMARTS) is 1. The second-order valence-corrected chi connectivity index (χ2v) is 4.55. The van der Waals surface area contributed by atoms with Crippen molar-refractivity contribution in [3.63, 3.8) is 0 Å². The molecule has 0 saturated carbocycles. The number of aliphatic hydroxyl groups is 1. The minimum atomic E-state index is -0.967. The number of halogens is 2. The Hall–Kier alpha value is -0.530. The van der Waals surface area contributed by atoms with Crippen molar-refractivity contribution in [3.8, 4) is 0 Å². The Morgan fingerprint density at radius 2 is 2.25 bits per heavy atom. The molecule has 1 aromatic rings. The predicted molar refractivity (Wildman–Crippen MR) is 71.3 cm³/mol. The molecule has 0 aromatic heterocycles. The summed E-state index contributed by atoms with van der Waals surface area (Å²) in [6.45, 7) is 0.294. The van der Waals surface area contributed by atoms with Crippen molar-refractivity contribution in [1.29, 1.82) is 0 Å². The lowest BCUT2D eigenvalue weighted by Crippen LogP contribution is -2.21. The van der Waals surface area contributed by atoms with Gasteiger partial charge in [0.25, 0.3) is 0 Å². The van der Waals surface area contributed by atoms with Gasteiger partial charge in [0.15, 0.2) is 0 Å². The number of anilines is 1. The highest BCUT2D eigenvalue weighted by Gasteiger charge is 2.11. The molecule has 0 saturated heterocycles. The first kappa shape index (κ1) is 13.5. The first-order chi connectivity index (χ1) is 7.56. The van der Waals surface area contributed by atoms with Crippen molar-refractivity contribution < 1.29 is 15.0 Å². The molecule has 88 valence electrons. The van der Waals surface area contributed by atoms with E-state index < -0.39 is 12.1 Å². The average molecular weight is 356 g/mol. The maximum Gasteiger partial charge on any atom is 0.336 e. The van der Waals surface area contributed by atoms with Crippen molar-refractivity contribution in [2.24, 2.45) is 0 Å². The van der Waals surface area contributed by atoms with Crippen LogP contribution in [0.15, 0.2) is 18.2 Å². The van der Waals surface area contributed by atoms with Crippen LogP contribution in [0.4, 0.5) is 5.69 Å². The van der Waals surface area contributed by atoms with Crippen molar-refractivity contribution in [3.05, 3.63) is 27.3 Å². The van der Waals surface area contributed by atoms with E-state index in [0.717, 1.165) is 0 Å². The summed E-state index contributed by atoms with van der Waals surface area (Å²) in [4.78, 5) is 10.9. The second kappa shape index (κ2) is 6.27. The Morgan fingerprint density at radius 1 is 1.56 bits per heavy atom. The Labute approximate surface area is 112 Å². The average Bonchev–Trinajstić information content (AvgIpc) is 2.26. The van der Waals surface area contributed by atoms with Crippen molar-refractivity contribution in [1.82, 2.24) is 0 Å². The fourth-order valence-electron chi connectivity index (χ4n) is 1.12. The molecule has 6 heteroatoms. The third-order valence-electron chi connectivity index (χ3n) is 1.94. The van der Waals surface area contributed by atoms with E-state index in [2.05, 4.69) is 5.32 Å². The highest BCUT2D eigenvalue weighted by molar-refractivity contribution is 14.1. The van der Waals surface area contributed by atoms with Crippen LogP contribution >= 0.6 is 34.2 Å². The topological polar surface area (TPSA) is 69.6 Å². The van der Waals surface area contributed by atoms with Gasteiger partial charge < -0.3 is 15.5 Å². The first-order valence-electron chi connectivity index (χ1n) is 4.56. The molecular weight excluding hydrogens is 344 g/mol. The number of rotatable bonds is 5. The fraction of sp³-hybridized carbons (Fsp3) is 0.300. The zero-order valence-electron chi connectivity index (χ0n) is 8.28. The summed E-state index contributed by atoms with van der Waals surface area (Å²) in [5.41, 5.74) is 0.927. The SMILES string of the molecule is O=C(O)c1cccc(NCC(O)CCl)c1I. The summed E-state index contributed by atoms with van der Waals surface area (Å²) in [6.07, 6.45) is -0.647. The summed E-state index contributed by atoms with van der Waals surface area (Å²) >= 11 is 7.41. The normalized spacial score (nSPS) is 12.2. The van der Waals surface area contributed by atoms with Crippen LogP contribution in [-0.2, 0) is 0 Å². The van der Waals surface area contributed by atoms with Crippen LogP contribution in [0.1, 0.15) is 10.4 Å². The Bertz CT molecular complexity index is 386. The predicted octanol–water partition coefficient (Wildman–Crippen LogP) is 2.00. The van der Waals surface area contributed by atoms with Gasteiger partial charge in [-0.05, 0) is 34.7 Å². The number of carbonyl (C=O) groups is 1. The second-order valence-electron chi connectivity index (χ2n) is 3.16. The minimum absolute atomic E-state index is 0.141. The molecule has 0 aliphatic rings. The number of aromatic carboxylic acids is 1. The van der Waals surface area contributed by atoms with Gasteiger partial charge in [0.2, 0.25) is 0 Å². The Balaban J connectivity index is 2.81. The van der Waals surface area contributed by atoms with E-state index in [1.165, 1.54) is 6.07 Å². The van der Waals surface area contributed by atoms with Crippen LogP contribution in [0.25, 0.3) is 0 Å². The number of nitrogens with one attached hydrogen (secondary N) is 1. The number of hydrogen-bond acceptors (Lipinski definition) is 3. The van der Waals surface area contributed by atoms with Crippen LogP contribution in [0.3, 0.4) is 0 Å². The molecule has 0 bridgehead atoms. The van der Waals surface area contributed by atoms with E-state index in [0.29, 0.717) is 15.8 Å². The molecule has 0 spiro atoms. The molecule has 0 radical (unpaired) electrons. The smallest absolute Gasteiger partial charge is 0.336 e. The van der Waals surface area contributed by atoms with E-state index >= 15 is 0 Å². The van der Waals surface area contributed by atoms with E-state index in [-0.39, 0.29) is 11.4 Å². The van der Waals surface area contributed by atoms with Gasteiger partial charge in [0.1, 0.15) is 0 Å². The molecule has 1 rings (SSSR count). The summed E-state index contributed by atoms with van der Waals surface area (Å²) in [5.74, 6) is -0.826. The lowest BCUT2D eigenvalue weighted by atomic mass is 10.2. The minimum Gasteiger partial charge on any atom is -0.478 e. The standard InChI is InChI=1S/C10H11ClINO3/c11-4-6(14)5-13-8-3-1-2-7(9(8)12)10(15)16/h1-3,6,13-14H,4-5H2,(H,15,16). The van der Waals surface area contributed by atoms with Gasteiger partial charge in [-0.3, -0.25) is 0 Å². The maximum atomic E-state index is 10.9. The summed E-state index contributed by atoms with van der Waals surface area (Å²) in [5, 5.41) is 21.1. The van der Waals surface area contributed by atoms with E-state index in [9.17, 15) is 9.90 Å². The maximum absolute atomic E-state index is 10.9. The Morgan fingerprint density at radius 3 is 2.81 bits per heavy atom. The van der Waals surface area contributed by atoms with Crippen molar-refractivity contribution >= 4 is 45.8 Å². The molecular formula is C10H11ClINO3. The molecule has 1 unspecified atom stereocenters. The monoisotopic (exact) mass is 355 g/mol. The first-order valence-corrected chi connectivity index (χ1v) is 6.17. The third kappa shape index (κ3) is 3.50. The number of alkyl halides is 1. The fourth-order valence-corrected chi connectivity index (χ4v) is 2.01. The van der Waals surface area contributed by atoms with E-state index in [1.54, 1.807) is 12.1 Å². The van der Waals surface area contributed by atoms with Gasteiger partial charge in [-0.1, -0.05) is 6.07 Å². The zero-order valence-corrected chi connectivity index (χ0v) is 11.2. The highest BCUT2D eigenvalue weighted by atomic mass is 127. The van der Waals surface area contributed by atoms with Gasteiger partial charge in [0, 0.05) is 12.2 Å². The molecule has 16 heavy (non-hydrogen) atoms. The van der Waals surface area contributed by atoms with Crippen molar-refractivity contribution in [2.45, 2.75) is 6.10 Å². The van der Waals surface area contributed by atoms with E-state index in [4.69, 9.17) is 16.7 Å². The van der Waals surface area contributed by atoms with Gasteiger partial charge >= 0.3 is 5.97 Å². The summed E-state index contributed by atoms with van der Waals surface area (Å²) in [6, 6.07) is 4.95. The highest BCUT2D eigenvalue weighted by Crippen LogP contribution is 2.22. The number of benzene rings is 1. The molecule has 4 nitrogen and oxygen atoms in total. The van der Waals surface area contributed by atoms with Gasteiger partial charge in [-0.2, -0.15) is 0 Å². The lowest BCUT2D eigenvalue weighted by Gasteiger charge is -2.12. The number of hydrogen-bond donors (Lipinski definition) is 3. The molecule has 1 aromatic carbocycles. The van der Waals surface area contributed by atoms with Crippen LogP contribution < -0.4 is 5.32 Å². The van der Waals surface area contributed by atoms with Crippen molar-refractivity contribution in [2.75, 3.05) is 17.7 Å². The number of carboxylic acids is 1. The zero-order chi connectivity index (χ0) is 12.1. The molecule has 0 aliphatic carbocycles. The van der Waals surface area contributed by atoms with Crippen LogP contribution in [0.5, 0.6) is 0 Å². The largest absolute Gasteiger partial charge is 0.478 e. The van der Waals surface area contributed by atoms with Gasteiger partial charge in [-0.15, -0.1) is 11.6 Å². The number of aliphatic hydroxyl groups excluding tert-OH is 1. The van der Waals surface area contributed by atoms with Crippen LogP contribution in [-0.4, -0.2) is 34.7 Å². The quantitative estimate of drug-likeness (QED) is 0.558.